The molecule has 0 aromatic heterocycles. The molecule has 0 fully saturated rings. The van der Waals surface area contributed by atoms with Gasteiger partial charge in [-0.2, -0.15) is 0 Å². The highest BCUT2D eigenvalue weighted by molar-refractivity contribution is 5.85. The van der Waals surface area contributed by atoms with Crippen molar-refractivity contribution in [1.29, 1.82) is 0 Å². The average molecular weight is 338 g/mol. The lowest BCUT2D eigenvalue weighted by atomic mass is 9.96. The molecular formula is C18H24ClNO3. The van der Waals surface area contributed by atoms with E-state index in [2.05, 4.69) is 0 Å². The number of benzene rings is 2. The fourth-order valence-electron chi connectivity index (χ4n) is 2.37. The van der Waals surface area contributed by atoms with E-state index in [-0.39, 0.29) is 12.4 Å². The van der Waals surface area contributed by atoms with Gasteiger partial charge in [-0.15, -0.1) is 12.4 Å². The van der Waals surface area contributed by atoms with Crippen molar-refractivity contribution in [2.45, 2.75) is 25.5 Å². The van der Waals surface area contributed by atoms with Gasteiger partial charge < -0.3 is 20.3 Å². The van der Waals surface area contributed by atoms with Crippen molar-refractivity contribution in [2.24, 2.45) is 5.73 Å². The van der Waals surface area contributed by atoms with E-state index in [9.17, 15) is 5.11 Å². The Morgan fingerprint density at radius 2 is 1.78 bits per heavy atom. The van der Waals surface area contributed by atoms with Gasteiger partial charge in [0.2, 0.25) is 0 Å². The van der Waals surface area contributed by atoms with E-state index < -0.39 is 12.1 Å². The topological polar surface area (TPSA) is 64.7 Å². The van der Waals surface area contributed by atoms with E-state index in [1.165, 1.54) is 0 Å². The summed E-state index contributed by atoms with van der Waals surface area (Å²) in [5, 5.41) is 10.4. The predicted octanol–water partition coefficient (Wildman–Crippen LogP) is 3.12. The molecule has 0 aliphatic carbocycles. The summed E-state index contributed by atoms with van der Waals surface area (Å²) in [7, 11) is 1.59. The van der Waals surface area contributed by atoms with Crippen LogP contribution in [-0.2, 0) is 6.42 Å². The van der Waals surface area contributed by atoms with Crippen LogP contribution in [0, 0.1) is 0 Å². The molecule has 0 heterocycles. The minimum absolute atomic E-state index is 0. The van der Waals surface area contributed by atoms with Gasteiger partial charge in [0, 0.05) is 6.42 Å². The Labute approximate surface area is 143 Å². The third-order valence-electron chi connectivity index (χ3n) is 3.57. The first-order chi connectivity index (χ1) is 10.7. The first kappa shape index (κ1) is 19.3. The number of halogens is 1. The first-order valence-electron chi connectivity index (χ1n) is 7.44. The Morgan fingerprint density at radius 3 is 2.39 bits per heavy atom. The van der Waals surface area contributed by atoms with Crippen LogP contribution < -0.4 is 15.2 Å². The molecule has 4 nitrogen and oxygen atoms in total. The number of hydrogen-bond acceptors (Lipinski definition) is 4. The number of aliphatic hydroxyl groups is 1. The molecule has 0 saturated heterocycles. The quantitative estimate of drug-likeness (QED) is 0.814. The number of methoxy groups -OCH3 is 1. The van der Waals surface area contributed by atoms with Crippen molar-refractivity contribution in [1.82, 2.24) is 0 Å². The molecule has 5 heteroatoms. The van der Waals surface area contributed by atoms with Crippen LogP contribution in [0.4, 0.5) is 0 Å². The molecule has 2 rings (SSSR count). The Morgan fingerprint density at radius 1 is 1.09 bits per heavy atom. The molecule has 2 atom stereocenters. The zero-order chi connectivity index (χ0) is 15.9. The highest BCUT2D eigenvalue weighted by Gasteiger charge is 2.19. The highest BCUT2D eigenvalue weighted by atomic mass is 35.5. The minimum Gasteiger partial charge on any atom is -0.493 e. The lowest BCUT2D eigenvalue weighted by Crippen LogP contribution is -2.28. The molecule has 0 aliphatic rings. The molecule has 0 spiro atoms. The average Bonchev–Trinajstić information content (AvgIpc) is 2.55. The summed E-state index contributed by atoms with van der Waals surface area (Å²) in [4.78, 5) is 0. The normalized spacial score (nSPS) is 12.9. The van der Waals surface area contributed by atoms with E-state index in [0.29, 0.717) is 24.5 Å². The van der Waals surface area contributed by atoms with Gasteiger partial charge in [-0.1, -0.05) is 36.4 Å². The molecule has 0 amide bonds. The molecule has 0 radical (unpaired) electrons. The van der Waals surface area contributed by atoms with Crippen LogP contribution in [-0.4, -0.2) is 24.9 Å². The fraction of sp³-hybridized carbons (Fsp3) is 0.333. The zero-order valence-corrected chi connectivity index (χ0v) is 14.3. The molecule has 23 heavy (non-hydrogen) atoms. The second kappa shape index (κ2) is 9.40. The number of ether oxygens (including phenoxy) is 2. The van der Waals surface area contributed by atoms with Gasteiger partial charge in [-0.3, -0.25) is 0 Å². The van der Waals surface area contributed by atoms with Crippen molar-refractivity contribution in [3.05, 3.63) is 59.7 Å². The lowest BCUT2D eigenvalue weighted by Gasteiger charge is -2.20. The van der Waals surface area contributed by atoms with Crippen LogP contribution in [0.3, 0.4) is 0 Å². The summed E-state index contributed by atoms with van der Waals surface area (Å²) in [6.45, 7) is 2.49. The maximum absolute atomic E-state index is 10.4. The van der Waals surface area contributed by atoms with Crippen LogP contribution >= 0.6 is 12.4 Å². The number of nitrogens with two attached hydrogens (primary N) is 1. The Kier molecular flexibility index (Phi) is 7.89. The summed E-state index contributed by atoms with van der Waals surface area (Å²) in [6.07, 6.45) is -0.151. The minimum atomic E-state index is -0.662. The fourth-order valence-corrected chi connectivity index (χ4v) is 2.37. The lowest BCUT2D eigenvalue weighted by molar-refractivity contribution is 0.145. The maximum atomic E-state index is 10.4. The SMILES string of the molecule is CCOc1ccc([C@@H](N)[C@@H](O)Cc2ccccc2)cc1OC.Cl. The largest absolute Gasteiger partial charge is 0.493 e. The van der Waals surface area contributed by atoms with Gasteiger partial charge in [-0.25, -0.2) is 0 Å². The summed E-state index contributed by atoms with van der Waals surface area (Å²) in [6, 6.07) is 14.9. The highest BCUT2D eigenvalue weighted by Crippen LogP contribution is 2.31. The molecule has 2 aromatic rings. The molecule has 0 unspecified atom stereocenters. The third kappa shape index (κ3) is 5.13. The number of rotatable bonds is 7. The van der Waals surface area contributed by atoms with Crippen LogP contribution in [0.1, 0.15) is 24.1 Å². The van der Waals surface area contributed by atoms with Gasteiger partial charge in [0.15, 0.2) is 11.5 Å². The monoisotopic (exact) mass is 337 g/mol. The second-order valence-electron chi connectivity index (χ2n) is 5.13. The van der Waals surface area contributed by atoms with Crippen molar-refractivity contribution in [3.63, 3.8) is 0 Å². The summed E-state index contributed by atoms with van der Waals surface area (Å²) >= 11 is 0. The second-order valence-corrected chi connectivity index (χ2v) is 5.13. The Hall–Kier alpha value is -1.75. The Bertz CT molecular complexity index is 592. The molecule has 126 valence electrons. The zero-order valence-electron chi connectivity index (χ0n) is 13.4. The van der Waals surface area contributed by atoms with Gasteiger partial charge in [-0.05, 0) is 30.2 Å². The number of aliphatic hydroxyl groups excluding tert-OH is 1. The summed E-state index contributed by atoms with van der Waals surface area (Å²) in [5.74, 6) is 1.31. The molecule has 0 saturated carbocycles. The molecule has 3 N–H and O–H groups in total. The van der Waals surface area contributed by atoms with E-state index in [0.717, 1.165) is 11.1 Å². The molecular weight excluding hydrogens is 314 g/mol. The van der Waals surface area contributed by atoms with Crippen molar-refractivity contribution >= 4 is 12.4 Å². The predicted molar refractivity (Wildman–Crippen MR) is 94.5 cm³/mol. The molecule has 0 bridgehead atoms. The van der Waals surface area contributed by atoms with Gasteiger partial charge in [0.05, 0.1) is 25.9 Å². The first-order valence-corrected chi connectivity index (χ1v) is 7.44. The van der Waals surface area contributed by atoms with Crippen LogP contribution in [0.2, 0.25) is 0 Å². The van der Waals surface area contributed by atoms with Gasteiger partial charge >= 0.3 is 0 Å². The standard InChI is InChI=1S/C18H23NO3.ClH/c1-3-22-16-10-9-14(12-17(16)21-2)18(19)15(20)11-13-7-5-4-6-8-13;/h4-10,12,15,18,20H,3,11,19H2,1-2H3;1H/t15-,18+;/m0./s1. The van der Waals surface area contributed by atoms with E-state index in [1.54, 1.807) is 7.11 Å². The molecule has 0 aliphatic heterocycles. The van der Waals surface area contributed by atoms with E-state index in [1.807, 2.05) is 55.5 Å². The van der Waals surface area contributed by atoms with Crippen LogP contribution in [0.5, 0.6) is 11.5 Å². The van der Waals surface area contributed by atoms with Crippen LogP contribution in [0.15, 0.2) is 48.5 Å². The van der Waals surface area contributed by atoms with Gasteiger partial charge in [0.25, 0.3) is 0 Å². The van der Waals surface area contributed by atoms with Crippen molar-refractivity contribution < 1.29 is 14.6 Å². The third-order valence-corrected chi connectivity index (χ3v) is 3.57. The number of hydrogen-bond donors (Lipinski definition) is 2. The molecule has 2 aromatic carbocycles. The van der Waals surface area contributed by atoms with E-state index >= 15 is 0 Å². The summed E-state index contributed by atoms with van der Waals surface area (Å²) < 4.78 is 10.8. The van der Waals surface area contributed by atoms with Crippen LogP contribution in [0.25, 0.3) is 0 Å². The summed E-state index contributed by atoms with van der Waals surface area (Å²) in [5.41, 5.74) is 8.07. The smallest absolute Gasteiger partial charge is 0.161 e. The van der Waals surface area contributed by atoms with Crippen molar-refractivity contribution in [2.75, 3.05) is 13.7 Å². The van der Waals surface area contributed by atoms with Gasteiger partial charge in [0.1, 0.15) is 0 Å². The maximum Gasteiger partial charge on any atom is 0.161 e. The van der Waals surface area contributed by atoms with E-state index in [4.69, 9.17) is 15.2 Å². The Balaban J connectivity index is 0.00000264. The van der Waals surface area contributed by atoms with Crippen molar-refractivity contribution in [3.8, 4) is 11.5 Å².